The van der Waals surface area contributed by atoms with Crippen LogP contribution in [-0.2, 0) is 0 Å². The summed E-state index contributed by atoms with van der Waals surface area (Å²) in [7, 11) is 0. The van der Waals surface area contributed by atoms with Crippen molar-refractivity contribution in [2.45, 2.75) is 0 Å². The minimum Gasteiger partial charge on any atom is -0.320 e. The number of hydrogen-bond donors (Lipinski definition) is 1. The van der Waals surface area contributed by atoms with Crippen molar-refractivity contribution in [3.05, 3.63) is 64.0 Å². The number of thiophene rings is 1. The fourth-order valence-corrected chi connectivity index (χ4v) is 2.68. The van der Waals surface area contributed by atoms with Crippen LogP contribution in [-0.4, -0.2) is 9.97 Å². The Hall–Kier alpha value is -2.71. The van der Waals surface area contributed by atoms with Crippen LogP contribution in [0.4, 0.5) is 0 Å². The van der Waals surface area contributed by atoms with Crippen LogP contribution in [0.1, 0.15) is 5.56 Å². The molecular formula is C15H9N3OS. The molecule has 0 aliphatic carbocycles. The zero-order valence-corrected chi connectivity index (χ0v) is 11.1. The van der Waals surface area contributed by atoms with Gasteiger partial charge < -0.3 is 4.98 Å². The molecule has 3 rings (SSSR count). The van der Waals surface area contributed by atoms with Crippen molar-refractivity contribution < 1.29 is 0 Å². The topological polar surface area (TPSA) is 69.5 Å². The fourth-order valence-electron chi connectivity index (χ4n) is 1.99. The molecule has 3 aromatic rings. The molecule has 0 amide bonds. The lowest BCUT2D eigenvalue weighted by Crippen LogP contribution is -2.12. The van der Waals surface area contributed by atoms with Gasteiger partial charge in [-0.1, -0.05) is 12.1 Å². The van der Waals surface area contributed by atoms with Gasteiger partial charge in [0.05, 0.1) is 10.6 Å². The van der Waals surface area contributed by atoms with Crippen LogP contribution in [0.2, 0.25) is 0 Å². The lowest BCUT2D eigenvalue weighted by molar-refractivity contribution is 1.22. The molecule has 1 N–H and O–H groups in total. The van der Waals surface area contributed by atoms with Gasteiger partial charge in [-0.3, -0.25) is 9.78 Å². The smallest absolute Gasteiger partial charge is 0.266 e. The van der Waals surface area contributed by atoms with E-state index in [1.807, 2.05) is 35.7 Å². The molecular weight excluding hydrogens is 270 g/mol. The normalized spacial score (nSPS) is 10.2. The zero-order chi connectivity index (χ0) is 13.9. The van der Waals surface area contributed by atoms with Crippen LogP contribution in [0, 0.1) is 11.3 Å². The lowest BCUT2D eigenvalue weighted by atomic mass is 10.0. The first-order valence-corrected chi connectivity index (χ1v) is 6.79. The molecule has 0 unspecified atom stereocenters. The van der Waals surface area contributed by atoms with E-state index in [1.165, 1.54) is 11.3 Å². The van der Waals surface area contributed by atoms with E-state index in [-0.39, 0.29) is 11.1 Å². The monoisotopic (exact) mass is 279 g/mol. The first-order chi connectivity index (χ1) is 9.79. The van der Waals surface area contributed by atoms with E-state index in [0.717, 1.165) is 10.4 Å². The number of nitrogens with zero attached hydrogens (tertiary/aromatic N) is 2. The Labute approximate surface area is 119 Å². The largest absolute Gasteiger partial charge is 0.320 e. The van der Waals surface area contributed by atoms with Crippen LogP contribution < -0.4 is 5.56 Å². The van der Waals surface area contributed by atoms with Gasteiger partial charge in [-0.15, -0.1) is 11.3 Å². The quantitative estimate of drug-likeness (QED) is 0.783. The number of rotatable bonds is 2. The van der Waals surface area contributed by atoms with Crippen molar-refractivity contribution >= 4 is 11.3 Å². The van der Waals surface area contributed by atoms with E-state index in [2.05, 4.69) is 9.97 Å². The van der Waals surface area contributed by atoms with Crippen LogP contribution in [0.25, 0.3) is 21.7 Å². The van der Waals surface area contributed by atoms with Crippen LogP contribution in [0.15, 0.2) is 52.9 Å². The molecule has 3 heterocycles. The van der Waals surface area contributed by atoms with Gasteiger partial charge in [0.25, 0.3) is 5.56 Å². The average Bonchev–Trinajstić information content (AvgIpc) is 3.01. The summed E-state index contributed by atoms with van der Waals surface area (Å²) in [5.41, 5.74) is 1.80. The van der Waals surface area contributed by atoms with Gasteiger partial charge in [0.1, 0.15) is 11.6 Å². The van der Waals surface area contributed by atoms with Crippen LogP contribution in [0.3, 0.4) is 0 Å². The molecule has 0 aliphatic heterocycles. The summed E-state index contributed by atoms with van der Waals surface area (Å²) in [6.07, 6.45) is 3.30. The highest BCUT2D eigenvalue weighted by atomic mass is 32.1. The van der Waals surface area contributed by atoms with E-state index >= 15 is 0 Å². The molecule has 0 spiro atoms. The number of nitriles is 1. The predicted octanol–water partition coefficient (Wildman–Crippen LogP) is 3.04. The molecule has 20 heavy (non-hydrogen) atoms. The Bertz CT molecular complexity index is 830. The number of pyridine rings is 2. The van der Waals surface area contributed by atoms with Gasteiger partial charge in [0.2, 0.25) is 0 Å². The minimum atomic E-state index is -0.378. The third-order valence-corrected chi connectivity index (χ3v) is 3.81. The highest BCUT2D eigenvalue weighted by molar-refractivity contribution is 7.13. The second-order valence-corrected chi connectivity index (χ2v) is 5.08. The van der Waals surface area contributed by atoms with Gasteiger partial charge in [0, 0.05) is 23.5 Å². The third kappa shape index (κ3) is 2.13. The van der Waals surface area contributed by atoms with Gasteiger partial charge >= 0.3 is 0 Å². The summed E-state index contributed by atoms with van der Waals surface area (Å²) in [5.74, 6) is 0. The number of hydrogen-bond acceptors (Lipinski definition) is 4. The number of nitrogens with one attached hydrogen (secondary N) is 1. The zero-order valence-electron chi connectivity index (χ0n) is 10.3. The maximum absolute atomic E-state index is 12.1. The Morgan fingerprint density at radius 2 is 2.20 bits per heavy atom. The van der Waals surface area contributed by atoms with E-state index < -0.39 is 0 Å². The second-order valence-electron chi connectivity index (χ2n) is 4.13. The Balaban J connectivity index is 2.28. The van der Waals surface area contributed by atoms with Crippen molar-refractivity contribution in [3.8, 4) is 27.8 Å². The van der Waals surface area contributed by atoms with E-state index in [4.69, 9.17) is 0 Å². The summed E-state index contributed by atoms with van der Waals surface area (Å²) in [6.45, 7) is 0. The second kappa shape index (κ2) is 5.11. The molecule has 4 nitrogen and oxygen atoms in total. The SMILES string of the molecule is N#Cc1c(-c2cccnc2)cc(-c2cccs2)[nH]c1=O. The van der Waals surface area contributed by atoms with Gasteiger partial charge in [-0.25, -0.2) is 0 Å². The molecule has 3 aromatic heterocycles. The number of aromatic nitrogens is 2. The fraction of sp³-hybridized carbons (Fsp3) is 0. The molecule has 0 atom stereocenters. The van der Waals surface area contributed by atoms with E-state index in [1.54, 1.807) is 18.5 Å². The Morgan fingerprint density at radius 1 is 1.30 bits per heavy atom. The van der Waals surface area contributed by atoms with Crippen LogP contribution >= 0.6 is 11.3 Å². The van der Waals surface area contributed by atoms with E-state index in [9.17, 15) is 10.1 Å². The summed E-state index contributed by atoms with van der Waals surface area (Å²) in [5, 5.41) is 11.1. The molecule has 0 aliphatic rings. The molecule has 0 radical (unpaired) electrons. The van der Waals surface area contributed by atoms with Crippen molar-refractivity contribution in [3.63, 3.8) is 0 Å². The molecule has 0 fully saturated rings. The third-order valence-electron chi connectivity index (χ3n) is 2.90. The Kier molecular flexibility index (Phi) is 3.15. The summed E-state index contributed by atoms with van der Waals surface area (Å²) >= 11 is 1.53. The molecule has 0 aromatic carbocycles. The molecule has 0 saturated heterocycles. The Morgan fingerprint density at radius 3 is 2.85 bits per heavy atom. The first kappa shape index (κ1) is 12.3. The number of aromatic amines is 1. The van der Waals surface area contributed by atoms with Crippen molar-refractivity contribution in [1.82, 2.24) is 9.97 Å². The molecule has 0 bridgehead atoms. The molecule has 0 saturated carbocycles. The summed E-state index contributed by atoms with van der Waals surface area (Å²) in [6, 6.07) is 11.2. The van der Waals surface area contributed by atoms with Gasteiger partial charge in [0.15, 0.2) is 0 Å². The highest BCUT2D eigenvalue weighted by Gasteiger charge is 2.12. The van der Waals surface area contributed by atoms with Crippen LogP contribution in [0.5, 0.6) is 0 Å². The predicted molar refractivity (Wildman–Crippen MR) is 78.3 cm³/mol. The van der Waals surface area contributed by atoms with Gasteiger partial charge in [-0.05, 0) is 23.6 Å². The van der Waals surface area contributed by atoms with E-state index in [0.29, 0.717) is 11.3 Å². The maximum atomic E-state index is 12.1. The lowest BCUT2D eigenvalue weighted by Gasteiger charge is -2.06. The molecule has 96 valence electrons. The van der Waals surface area contributed by atoms with Crippen molar-refractivity contribution in [1.29, 1.82) is 5.26 Å². The van der Waals surface area contributed by atoms with Crippen molar-refractivity contribution in [2.24, 2.45) is 0 Å². The highest BCUT2D eigenvalue weighted by Crippen LogP contribution is 2.27. The average molecular weight is 279 g/mol. The van der Waals surface area contributed by atoms with Gasteiger partial charge in [-0.2, -0.15) is 5.26 Å². The minimum absolute atomic E-state index is 0.110. The summed E-state index contributed by atoms with van der Waals surface area (Å²) < 4.78 is 0. The standard InChI is InChI=1S/C15H9N3OS/c16-8-12-11(10-3-1-5-17-9-10)7-13(18-15(12)19)14-4-2-6-20-14/h1-7,9H,(H,18,19). The molecule has 5 heteroatoms. The number of H-pyrrole nitrogens is 1. The first-order valence-electron chi connectivity index (χ1n) is 5.91. The van der Waals surface area contributed by atoms with Crippen molar-refractivity contribution in [2.75, 3.05) is 0 Å². The maximum Gasteiger partial charge on any atom is 0.266 e. The summed E-state index contributed by atoms with van der Waals surface area (Å²) in [4.78, 5) is 19.8.